The minimum atomic E-state index is -3.49. The average molecular weight is 319 g/mol. The molecule has 0 aliphatic carbocycles. The van der Waals surface area contributed by atoms with Crippen LogP contribution in [0.1, 0.15) is 12.8 Å². The van der Waals surface area contributed by atoms with Gasteiger partial charge in [0, 0.05) is 19.3 Å². The lowest BCUT2D eigenvalue weighted by atomic mass is 9.99. The first-order chi connectivity index (χ1) is 9.40. The molecule has 1 amide bonds. The van der Waals surface area contributed by atoms with E-state index < -0.39 is 15.9 Å². The molecule has 6 nitrogen and oxygen atoms in total. The number of hydrogen-bond acceptors (Lipinski definition) is 4. The summed E-state index contributed by atoms with van der Waals surface area (Å²) in [5.74, 6) is -0.0711. The van der Waals surface area contributed by atoms with Crippen LogP contribution in [-0.2, 0) is 9.84 Å². The minimum absolute atomic E-state index is 0.0181. The van der Waals surface area contributed by atoms with Crippen LogP contribution in [0.4, 0.5) is 4.79 Å². The molecule has 1 aliphatic rings. The lowest BCUT2D eigenvalue weighted by Crippen LogP contribution is -2.39. The molecule has 0 bridgehead atoms. The average Bonchev–Trinajstić information content (AvgIpc) is 2.39. The van der Waals surface area contributed by atoms with Gasteiger partial charge in [0.1, 0.15) is 10.0 Å². The summed E-state index contributed by atoms with van der Waals surface area (Å²) < 4.78 is 24.6. The number of rotatable bonds is 3. The number of halogens is 1. The predicted molar refractivity (Wildman–Crippen MR) is 73.6 cm³/mol. The largest absolute Gasteiger partial charge is 0.465 e. The smallest absolute Gasteiger partial charge is 0.407 e. The van der Waals surface area contributed by atoms with Crippen LogP contribution in [-0.4, -0.2) is 48.3 Å². The zero-order chi connectivity index (χ0) is 14.8. The Kier molecular flexibility index (Phi) is 4.49. The molecule has 1 aliphatic heterocycles. The molecule has 0 saturated carbocycles. The fraction of sp³-hybridized carbons (Fsp3) is 0.500. The van der Waals surface area contributed by atoms with Crippen LogP contribution in [0.5, 0.6) is 0 Å². The molecule has 0 radical (unpaired) electrons. The molecule has 2 rings (SSSR count). The van der Waals surface area contributed by atoms with E-state index in [1.54, 1.807) is 0 Å². The third-order valence-electron chi connectivity index (χ3n) is 3.40. The highest BCUT2D eigenvalue weighted by Gasteiger charge is 2.28. The van der Waals surface area contributed by atoms with Gasteiger partial charge in [0.2, 0.25) is 0 Å². The van der Waals surface area contributed by atoms with Crippen molar-refractivity contribution in [2.75, 3.05) is 18.8 Å². The Morgan fingerprint density at radius 1 is 1.45 bits per heavy atom. The van der Waals surface area contributed by atoms with Crippen molar-refractivity contribution >= 4 is 27.5 Å². The number of carboxylic acid groups (broad SMARTS) is 1. The van der Waals surface area contributed by atoms with E-state index in [4.69, 9.17) is 16.7 Å². The van der Waals surface area contributed by atoms with Gasteiger partial charge in [-0.15, -0.1) is 0 Å². The summed E-state index contributed by atoms with van der Waals surface area (Å²) in [5.41, 5.74) is 0. The lowest BCUT2D eigenvalue weighted by Gasteiger charge is -2.29. The van der Waals surface area contributed by atoms with E-state index in [-0.39, 0.29) is 21.7 Å². The maximum Gasteiger partial charge on any atom is 0.407 e. The van der Waals surface area contributed by atoms with Gasteiger partial charge in [-0.3, -0.25) is 0 Å². The second-order valence-corrected chi connectivity index (χ2v) is 7.15. The summed E-state index contributed by atoms with van der Waals surface area (Å²) in [4.78, 5) is 15.9. The van der Waals surface area contributed by atoms with Crippen molar-refractivity contribution in [1.29, 1.82) is 0 Å². The van der Waals surface area contributed by atoms with Crippen LogP contribution in [0.15, 0.2) is 23.2 Å². The molecule has 0 spiro atoms. The van der Waals surface area contributed by atoms with Gasteiger partial charge < -0.3 is 10.0 Å². The molecule has 1 aromatic heterocycles. The standard InChI is InChI=1S/C12H15ClN2O4S/c13-11-10(2-1-5-14-11)20(18,19)8-9-3-6-15(7-4-9)12(16)17/h1-2,5,9H,3-4,6-8H2,(H,16,17). The molecule has 1 fully saturated rings. The molecule has 0 atom stereocenters. The van der Waals surface area contributed by atoms with Crippen molar-refractivity contribution in [1.82, 2.24) is 9.88 Å². The molecule has 1 saturated heterocycles. The lowest BCUT2D eigenvalue weighted by molar-refractivity contribution is 0.127. The number of sulfone groups is 1. The fourth-order valence-corrected chi connectivity index (χ4v) is 4.49. The normalized spacial score (nSPS) is 17.1. The molecule has 20 heavy (non-hydrogen) atoms. The van der Waals surface area contributed by atoms with Crippen LogP contribution < -0.4 is 0 Å². The number of amides is 1. The molecule has 1 N–H and O–H groups in total. The molecular weight excluding hydrogens is 304 g/mol. The fourth-order valence-electron chi connectivity index (χ4n) is 2.29. The summed E-state index contributed by atoms with van der Waals surface area (Å²) in [5, 5.41) is 8.84. The number of likely N-dealkylation sites (tertiary alicyclic amines) is 1. The van der Waals surface area contributed by atoms with E-state index in [9.17, 15) is 13.2 Å². The van der Waals surface area contributed by atoms with Gasteiger partial charge in [-0.25, -0.2) is 18.2 Å². The van der Waals surface area contributed by atoms with E-state index in [0.29, 0.717) is 25.9 Å². The first-order valence-electron chi connectivity index (χ1n) is 6.21. The van der Waals surface area contributed by atoms with E-state index in [2.05, 4.69) is 4.98 Å². The Hall–Kier alpha value is -1.34. The number of piperidine rings is 1. The molecule has 1 aromatic rings. The van der Waals surface area contributed by atoms with Gasteiger partial charge in [0.25, 0.3) is 0 Å². The Morgan fingerprint density at radius 3 is 2.65 bits per heavy atom. The first kappa shape index (κ1) is 15.1. The van der Waals surface area contributed by atoms with Gasteiger partial charge in [-0.2, -0.15) is 0 Å². The number of hydrogen-bond donors (Lipinski definition) is 1. The third kappa shape index (κ3) is 3.40. The Balaban J connectivity index is 2.04. The Morgan fingerprint density at radius 2 is 2.10 bits per heavy atom. The van der Waals surface area contributed by atoms with Gasteiger partial charge in [-0.05, 0) is 30.9 Å². The SMILES string of the molecule is O=C(O)N1CCC(CS(=O)(=O)c2cccnc2Cl)CC1. The first-order valence-corrected chi connectivity index (χ1v) is 8.24. The maximum atomic E-state index is 12.3. The minimum Gasteiger partial charge on any atom is -0.465 e. The van der Waals surface area contributed by atoms with Gasteiger partial charge >= 0.3 is 6.09 Å². The van der Waals surface area contributed by atoms with Gasteiger partial charge in [-0.1, -0.05) is 11.6 Å². The van der Waals surface area contributed by atoms with Crippen LogP contribution in [0.25, 0.3) is 0 Å². The molecule has 0 unspecified atom stereocenters. The molecular formula is C12H15ClN2O4S. The van der Waals surface area contributed by atoms with Crippen LogP contribution >= 0.6 is 11.6 Å². The Bertz CT molecular complexity index is 597. The molecule has 8 heteroatoms. The molecule has 110 valence electrons. The number of nitrogens with zero attached hydrogens (tertiary/aromatic N) is 2. The quantitative estimate of drug-likeness (QED) is 0.860. The topological polar surface area (TPSA) is 87.6 Å². The van der Waals surface area contributed by atoms with E-state index in [1.807, 2.05) is 0 Å². The second-order valence-electron chi connectivity index (χ2n) is 4.79. The zero-order valence-electron chi connectivity index (χ0n) is 10.7. The second kappa shape index (κ2) is 5.97. The highest BCUT2D eigenvalue weighted by atomic mass is 35.5. The van der Waals surface area contributed by atoms with Gasteiger partial charge in [0.15, 0.2) is 9.84 Å². The van der Waals surface area contributed by atoms with Crippen molar-refractivity contribution in [3.8, 4) is 0 Å². The number of carbonyl (C=O) groups is 1. The third-order valence-corrected chi connectivity index (χ3v) is 5.72. The molecule has 2 heterocycles. The van der Waals surface area contributed by atoms with Crippen molar-refractivity contribution in [3.05, 3.63) is 23.5 Å². The Labute approximate surface area is 122 Å². The van der Waals surface area contributed by atoms with Crippen LogP contribution in [0.3, 0.4) is 0 Å². The van der Waals surface area contributed by atoms with Crippen molar-refractivity contribution < 1.29 is 18.3 Å². The summed E-state index contributed by atoms with van der Waals surface area (Å²) >= 11 is 5.81. The van der Waals surface area contributed by atoms with Gasteiger partial charge in [0.05, 0.1) is 5.75 Å². The molecule has 0 aromatic carbocycles. The van der Waals surface area contributed by atoms with E-state index in [0.717, 1.165) is 0 Å². The monoisotopic (exact) mass is 318 g/mol. The van der Waals surface area contributed by atoms with E-state index in [1.165, 1.54) is 23.2 Å². The van der Waals surface area contributed by atoms with Crippen molar-refractivity contribution in [2.45, 2.75) is 17.7 Å². The highest BCUT2D eigenvalue weighted by Crippen LogP contribution is 2.25. The van der Waals surface area contributed by atoms with Crippen LogP contribution in [0, 0.1) is 5.92 Å². The number of aromatic nitrogens is 1. The maximum absolute atomic E-state index is 12.3. The van der Waals surface area contributed by atoms with Crippen molar-refractivity contribution in [2.24, 2.45) is 5.92 Å². The highest BCUT2D eigenvalue weighted by molar-refractivity contribution is 7.91. The predicted octanol–water partition coefficient (Wildman–Crippen LogP) is 1.90. The summed E-state index contributed by atoms with van der Waals surface area (Å²) in [6.07, 6.45) is 1.57. The summed E-state index contributed by atoms with van der Waals surface area (Å²) in [6, 6.07) is 2.98. The van der Waals surface area contributed by atoms with Crippen molar-refractivity contribution in [3.63, 3.8) is 0 Å². The van der Waals surface area contributed by atoms with E-state index >= 15 is 0 Å². The zero-order valence-corrected chi connectivity index (χ0v) is 12.3. The van der Waals surface area contributed by atoms with Crippen LogP contribution in [0.2, 0.25) is 5.15 Å². The summed E-state index contributed by atoms with van der Waals surface area (Å²) in [6.45, 7) is 0.743. The number of pyridine rings is 1. The summed E-state index contributed by atoms with van der Waals surface area (Å²) in [7, 11) is -3.49.